The van der Waals surface area contributed by atoms with Crippen molar-refractivity contribution in [2.75, 3.05) is 50.2 Å². The molecule has 0 bridgehead atoms. The third-order valence-electron chi connectivity index (χ3n) is 3.54. The van der Waals surface area contributed by atoms with E-state index >= 15 is 0 Å². The number of benzene rings is 1. The number of anilines is 2. The van der Waals surface area contributed by atoms with Crippen molar-refractivity contribution in [2.24, 2.45) is 5.92 Å². The molecule has 0 saturated heterocycles. The van der Waals surface area contributed by atoms with Crippen LogP contribution in [0.1, 0.15) is 6.92 Å². The lowest BCUT2D eigenvalue weighted by Gasteiger charge is -2.28. The summed E-state index contributed by atoms with van der Waals surface area (Å²) >= 11 is 0. The minimum atomic E-state index is -0.450. The van der Waals surface area contributed by atoms with Crippen LogP contribution in [0.15, 0.2) is 24.3 Å². The number of β-amino-alcohol motifs (C(OH)–C–C–N with tert-alkyl or cyclic N) is 1. The molecule has 1 aliphatic rings. The van der Waals surface area contributed by atoms with Crippen LogP contribution in [0.2, 0.25) is 0 Å². The maximum atomic E-state index is 9.99. The molecule has 1 aromatic carbocycles. The zero-order valence-corrected chi connectivity index (χ0v) is 12.0. The van der Waals surface area contributed by atoms with Gasteiger partial charge in [-0.05, 0) is 18.1 Å². The first-order chi connectivity index (χ1) is 9.11. The molecule has 1 N–H and O–H groups in total. The second-order valence-corrected chi connectivity index (χ2v) is 5.49. The molecular formula is C15H24N2O2. The van der Waals surface area contributed by atoms with Crippen molar-refractivity contribution in [2.45, 2.75) is 13.0 Å². The number of fused-ring (bicyclic) bond motifs is 1. The van der Waals surface area contributed by atoms with E-state index in [2.05, 4.69) is 48.0 Å². The zero-order chi connectivity index (χ0) is 13.8. The first-order valence-corrected chi connectivity index (χ1v) is 6.84. The van der Waals surface area contributed by atoms with E-state index in [1.165, 1.54) is 11.4 Å². The molecular weight excluding hydrogens is 240 g/mol. The number of methoxy groups -OCH3 is 1. The smallest absolute Gasteiger partial charge is 0.0947 e. The van der Waals surface area contributed by atoms with Gasteiger partial charge in [0.25, 0.3) is 0 Å². The lowest BCUT2D eigenvalue weighted by atomic mass is 10.1. The van der Waals surface area contributed by atoms with Gasteiger partial charge in [-0.2, -0.15) is 0 Å². The van der Waals surface area contributed by atoms with Crippen LogP contribution in [0, 0.1) is 5.92 Å². The predicted octanol–water partition coefficient (Wildman–Crippen LogP) is 1.59. The Labute approximate surface area is 115 Å². The number of rotatable bonds is 4. The molecule has 0 radical (unpaired) electrons. The van der Waals surface area contributed by atoms with E-state index in [4.69, 9.17) is 4.74 Å². The summed E-state index contributed by atoms with van der Waals surface area (Å²) < 4.78 is 5.03. The fraction of sp³-hybridized carbons (Fsp3) is 0.600. The van der Waals surface area contributed by atoms with Crippen LogP contribution in [0.4, 0.5) is 11.4 Å². The van der Waals surface area contributed by atoms with Gasteiger partial charge in [0, 0.05) is 33.8 Å². The summed E-state index contributed by atoms with van der Waals surface area (Å²) in [6.07, 6.45) is -0.450. The fourth-order valence-electron chi connectivity index (χ4n) is 2.82. The molecule has 1 heterocycles. The Bertz CT molecular complexity index is 411. The SMILES string of the molecule is COC[C@H](O)CN1CC(C)CN(C)c2ccccc21. The number of ether oxygens (including phenoxy) is 1. The van der Waals surface area contributed by atoms with E-state index < -0.39 is 6.10 Å². The largest absolute Gasteiger partial charge is 0.389 e. The van der Waals surface area contributed by atoms with Gasteiger partial charge in [0.2, 0.25) is 0 Å². The quantitative estimate of drug-likeness (QED) is 0.896. The van der Waals surface area contributed by atoms with Crippen LogP contribution in [0.5, 0.6) is 0 Å². The maximum absolute atomic E-state index is 9.99. The number of aliphatic hydroxyl groups is 1. The van der Waals surface area contributed by atoms with Crippen molar-refractivity contribution in [3.63, 3.8) is 0 Å². The standard InChI is InChI=1S/C15H24N2O2/c1-12-8-16(2)14-6-4-5-7-15(14)17(9-12)10-13(18)11-19-3/h4-7,12-13,18H,8-11H2,1-3H3/t12?,13-/m1/s1. The molecule has 4 heteroatoms. The maximum Gasteiger partial charge on any atom is 0.0947 e. The van der Waals surface area contributed by atoms with Crippen LogP contribution >= 0.6 is 0 Å². The molecule has 1 aliphatic heterocycles. The molecule has 106 valence electrons. The fourth-order valence-corrected chi connectivity index (χ4v) is 2.82. The molecule has 0 aliphatic carbocycles. The van der Waals surface area contributed by atoms with E-state index in [1.54, 1.807) is 7.11 Å². The molecule has 0 saturated carbocycles. The number of para-hydroxylation sites is 2. The van der Waals surface area contributed by atoms with E-state index in [9.17, 15) is 5.11 Å². The van der Waals surface area contributed by atoms with Crippen LogP contribution < -0.4 is 9.80 Å². The van der Waals surface area contributed by atoms with E-state index in [1.807, 2.05) is 0 Å². The predicted molar refractivity (Wildman–Crippen MR) is 79.0 cm³/mol. The summed E-state index contributed by atoms with van der Waals surface area (Å²) in [4.78, 5) is 4.57. The molecule has 0 fully saturated rings. The highest BCUT2D eigenvalue weighted by Crippen LogP contribution is 2.32. The second kappa shape index (κ2) is 6.26. The van der Waals surface area contributed by atoms with E-state index in [-0.39, 0.29) is 0 Å². The van der Waals surface area contributed by atoms with Gasteiger partial charge in [-0.1, -0.05) is 19.1 Å². The summed E-state index contributed by atoms with van der Waals surface area (Å²) in [7, 11) is 3.75. The molecule has 1 unspecified atom stereocenters. The van der Waals surface area contributed by atoms with E-state index in [0.717, 1.165) is 13.1 Å². The third-order valence-corrected chi connectivity index (χ3v) is 3.54. The Morgan fingerprint density at radius 2 is 2.00 bits per heavy atom. The Kier molecular flexibility index (Phi) is 4.66. The highest BCUT2D eigenvalue weighted by Gasteiger charge is 2.23. The van der Waals surface area contributed by atoms with Crippen molar-refractivity contribution >= 4 is 11.4 Å². The first kappa shape index (κ1) is 14.2. The normalized spacial score (nSPS) is 20.9. The summed E-state index contributed by atoms with van der Waals surface area (Å²) in [6.45, 7) is 5.24. The Morgan fingerprint density at radius 3 is 2.68 bits per heavy atom. The van der Waals surface area contributed by atoms with E-state index in [0.29, 0.717) is 19.1 Å². The van der Waals surface area contributed by atoms with Crippen LogP contribution in [0.25, 0.3) is 0 Å². The molecule has 19 heavy (non-hydrogen) atoms. The molecule has 0 aromatic heterocycles. The van der Waals surface area contributed by atoms with Gasteiger partial charge in [-0.3, -0.25) is 0 Å². The molecule has 1 aromatic rings. The number of nitrogens with zero attached hydrogens (tertiary/aromatic N) is 2. The highest BCUT2D eigenvalue weighted by atomic mass is 16.5. The minimum absolute atomic E-state index is 0.378. The van der Waals surface area contributed by atoms with Crippen LogP contribution in [0.3, 0.4) is 0 Å². The van der Waals surface area contributed by atoms with Gasteiger partial charge in [0.05, 0.1) is 24.1 Å². The van der Waals surface area contributed by atoms with Crippen molar-refractivity contribution in [1.29, 1.82) is 0 Å². The summed E-state index contributed by atoms with van der Waals surface area (Å²) in [5.74, 6) is 0.562. The molecule has 4 nitrogen and oxygen atoms in total. The Balaban J connectivity index is 2.23. The molecule has 2 rings (SSSR count). The lowest BCUT2D eigenvalue weighted by molar-refractivity contribution is 0.0685. The number of aliphatic hydroxyl groups excluding tert-OH is 1. The van der Waals surface area contributed by atoms with Crippen LogP contribution in [-0.4, -0.2) is 51.6 Å². The zero-order valence-electron chi connectivity index (χ0n) is 12.0. The Hall–Kier alpha value is -1.26. The van der Waals surface area contributed by atoms with Gasteiger partial charge < -0.3 is 19.6 Å². The topological polar surface area (TPSA) is 35.9 Å². The average Bonchev–Trinajstić information content (AvgIpc) is 2.48. The van der Waals surface area contributed by atoms with Gasteiger partial charge in [0.1, 0.15) is 0 Å². The number of hydrogen-bond acceptors (Lipinski definition) is 4. The minimum Gasteiger partial charge on any atom is -0.389 e. The van der Waals surface area contributed by atoms with Gasteiger partial charge in [-0.25, -0.2) is 0 Å². The second-order valence-electron chi connectivity index (χ2n) is 5.49. The molecule has 0 spiro atoms. The Morgan fingerprint density at radius 1 is 1.32 bits per heavy atom. The van der Waals surface area contributed by atoms with Gasteiger partial charge >= 0.3 is 0 Å². The average molecular weight is 264 g/mol. The van der Waals surface area contributed by atoms with Crippen molar-refractivity contribution in [3.05, 3.63) is 24.3 Å². The monoisotopic (exact) mass is 264 g/mol. The van der Waals surface area contributed by atoms with Gasteiger partial charge in [0.15, 0.2) is 0 Å². The third kappa shape index (κ3) is 3.39. The van der Waals surface area contributed by atoms with Crippen molar-refractivity contribution < 1.29 is 9.84 Å². The summed E-state index contributed by atoms with van der Waals surface area (Å²) in [5, 5.41) is 9.99. The molecule has 2 atom stereocenters. The number of hydrogen-bond donors (Lipinski definition) is 1. The summed E-state index contributed by atoms with van der Waals surface area (Å²) in [5.41, 5.74) is 2.43. The van der Waals surface area contributed by atoms with Crippen molar-refractivity contribution in [3.8, 4) is 0 Å². The highest BCUT2D eigenvalue weighted by molar-refractivity contribution is 5.72. The first-order valence-electron chi connectivity index (χ1n) is 6.84. The summed E-state index contributed by atoms with van der Waals surface area (Å²) in [6, 6.07) is 8.39. The van der Waals surface area contributed by atoms with Gasteiger partial charge in [-0.15, -0.1) is 0 Å². The van der Waals surface area contributed by atoms with Crippen molar-refractivity contribution in [1.82, 2.24) is 0 Å². The van der Waals surface area contributed by atoms with Crippen LogP contribution in [-0.2, 0) is 4.74 Å². The molecule has 0 amide bonds. The lowest BCUT2D eigenvalue weighted by Crippen LogP contribution is -2.37.